The van der Waals surface area contributed by atoms with Crippen LogP contribution in [0, 0.1) is 0 Å². The van der Waals surface area contributed by atoms with E-state index in [0.29, 0.717) is 18.5 Å². The number of aromatic nitrogens is 2. The molecule has 0 unspecified atom stereocenters. The highest BCUT2D eigenvalue weighted by Crippen LogP contribution is 2.38. The van der Waals surface area contributed by atoms with Crippen LogP contribution in [0.2, 0.25) is 0 Å². The van der Waals surface area contributed by atoms with Crippen molar-refractivity contribution in [2.24, 2.45) is 0 Å². The van der Waals surface area contributed by atoms with Gasteiger partial charge in [0.25, 0.3) is 0 Å². The monoisotopic (exact) mass is 423 g/mol. The summed E-state index contributed by atoms with van der Waals surface area (Å²) in [4.78, 5) is 24.5. The van der Waals surface area contributed by atoms with E-state index in [0.717, 1.165) is 55.7 Å². The standard InChI is InChI=1S/C24H33N5O2/c1-4-8-20(17-9-6-5-7-10-17)28-23(30)29-16-21-19(24(29,2)3)15-25-22(27-21)26-18-11-13-31-14-12-18/h5-7,9-10,15,18,20H,4,8,11-14,16H2,1-3H3,(H,28,30)(H,25,26,27)/t20-/m1/s1. The van der Waals surface area contributed by atoms with Gasteiger partial charge in [-0.25, -0.2) is 14.8 Å². The lowest BCUT2D eigenvalue weighted by atomic mass is 9.97. The van der Waals surface area contributed by atoms with E-state index in [9.17, 15) is 4.79 Å². The summed E-state index contributed by atoms with van der Waals surface area (Å²) in [6.45, 7) is 8.27. The van der Waals surface area contributed by atoms with Crippen LogP contribution in [0.1, 0.15) is 69.3 Å². The minimum atomic E-state index is -0.468. The quantitative estimate of drug-likeness (QED) is 0.721. The van der Waals surface area contributed by atoms with E-state index in [2.05, 4.69) is 48.5 Å². The van der Waals surface area contributed by atoms with Crippen LogP contribution in [-0.2, 0) is 16.8 Å². The van der Waals surface area contributed by atoms with Crippen molar-refractivity contribution in [1.29, 1.82) is 0 Å². The van der Waals surface area contributed by atoms with Gasteiger partial charge in [0.1, 0.15) is 0 Å². The van der Waals surface area contributed by atoms with Crippen molar-refractivity contribution in [2.45, 2.75) is 70.6 Å². The van der Waals surface area contributed by atoms with Gasteiger partial charge in [0.2, 0.25) is 5.95 Å². The maximum absolute atomic E-state index is 13.3. The maximum atomic E-state index is 13.3. The average molecular weight is 424 g/mol. The summed E-state index contributed by atoms with van der Waals surface area (Å²) in [5.41, 5.74) is 2.59. The Bertz CT molecular complexity index is 896. The molecule has 1 saturated heterocycles. The fraction of sp³-hybridized carbons (Fsp3) is 0.542. The van der Waals surface area contributed by atoms with Gasteiger partial charge in [-0.2, -0.15) is 0 Å². The van der Waals surface area contributed by atoms with Gasteiger partial charge in [-0.05, 0) is 38.7 Å². The molecule has 0 bridgehead atoms. The molecule has 7 nitrogen and oxygen atoms in total. The first-order valence-corrected chi connectivity index (χ1v) is 11.3. The van der Waals surface area contributed by atoms with Crippen LogP contribution in [0.15, 0.2) is 36.5 Å². The van der Waals surface area contributed by atoms with Crippen LogP contribution in [0.4, 0.5) is 10.7 Å². The maximum Gasteiger partial charge on any atom is 0.318 e. The van der Waals surface area contributed by atoms with Crippen molar-refractivity contribution in [2.75, 3.05) is 18.5 Å². The normalized spacial score (nSPS) is 19.0. The molecule has 2 N–H and O–H groups in total. The molecule has 2 amide bonds. The number of ether oxygens (including phenoxy) is 1. The Labute approximate surface area is 184 Å². The van der Waals surface area contributed by atoms with Gasteiger partial charge in [-0.15, -0.1) is 0 Å². The third-order valence-corrected chi connectivity index (χ3v) is 6.39. The molecule has 31 heavy (non-hydrogen) atoms. The van der Waals surface area contributed by atoms with Crippen molar-refractivity contribution >= 4 is 12.0 Å². The van der Waals surface area contributed by atoms with Gasteiger partial charge < -0.3 is 20.3 Å². The number of fused-ring (bicyclic) bond motifs is 1. The lowest BCUT2D eigenvalue weighted by Gasteiger charge is -2.33. The minimum Gasteiger partial charge on any atom is -0.381 e. The van der Waals surface area contributed by atoms with Crippen molar-refractivity contribution in [1.82, 2.24) is 20.2 Å². The van der Waals surface area contributed by atoms with E-state index in [1.807, 2.05) is 29.3 Å². The zero-order chi connectivity index (χ0) is 21.8. The molecule has 0 radical (unpaired) electrons. The second kappa shape index (κ2) is 9.22. The Morgan fingerprint density at radius 2 is 2.00 bits per heavy atom. The molecule has 4 rings (SSSR count). The molecular weight excluding hydrogens is 390 g/mol. The van der Waals surface area contributed by atoms with E-state index < -0.39 is 5.54 Å². The van der Waals surface area contributed by atoms with Crippen molar-refractivity contribution in [3.63, 3.8) is 0 Å². The van der Waals surface area contributed by atoms with Gasteiger partial charge in [0.05, 0.1) is 23.8 Å². The van der Waals surface area contributed by atoms with Crippen molar-refractivity contribution in [3.8, 4) is 0 Å². The van der Waals surface area contributed by atoms with Crippen LogP contribution < -0.4 is 10.6 Å². The van der Waals surface area contributed by atoms with E-state index in [4.69, 9.17) is 9.72 Å². The van der Waals surface area contributed by atoms with Crippen LogP contribution in [0.3, 0.4) is 0 Å². The number of hydrogen-bond donors (Lipinski definition) is 2. The Morgan fingerprint density at radius 1 is 1.26 bits per heavy atom. The molecule has 2 aliphatic heterocycles. The van der Waals surface area contributed by atoms with Crippen molar-refractivity contribution in [3.05, 3.63) is 53.3 Å². The summed E-state index contributed by atoms with van der Waals surface area (Å²) in [7, 11) is 0. The van der Waals surface area contributed by atoms with E-state index in [1.165, 1.54) is 0 Å². The molecule has 0 saturated carbocycles. The average Bonchev–Trinajstić information content (AvgIpc) is 3.05. The highest BCUT2D eigenvalue weighted by Gasteiger charge is 2.42. The predicted octanol–water partition coefficient (Wildman–Crippen LogP) is 4.37. The third kappa shape index (κ3) is 4.66. The van der Waals surface area contributed by atoms with Crippen LogP contribution in [0.25, 0.3) is 0 Å². The highest BCUT2D eigenvalue weighted by atomic mass is 16.5. The molecule has 1 atom stereocenters. The first-order chi connectivity index (χ1) is 15.0. The number of hydrogen-bond acceptors (Lipinski definition) is 5. The number of nitrogens with zero attached hydrogens (tertiary/aromatic N) is 3. The van der Waals surface area contributed by atoms with E-state index >= 15 is 0 Å². The second-order valence-electron chi connectivity index (χ2n) is 8.93. The highest BCUT2D eigenvalue weighted by molar-refractivity contribution is 5.77. The molecule has 1 aromatic heterocycles. The number of urea groups is 1. The molecule has 3 heterocycles. The summed E-state index contributed by atoms with van der Waals surface area (Å²) in [6, 6.07) is 10.4. The van der Waals surface area contributed by atoms with Gasteiger partial charge in [-0.1, -0.05) is 43.7 Å². The zero-order valence-electron chi connectivity index (χ0n) is 18.7. The summed E-state index contributed by atoms with van der Waals surface area (Å²) < 4.78 is 5.43. The number of carbonyl (C=O) groups excluding carboxylic acids is 1. The number of benzene rings is 1. The first kappa shape index (κ1) is 21.6. The van der Waals surface area contributed by atoms with Gasteiger partial charge in [-0.3, -0.25) is 0 Å². The Morgan fingerprint density at radius 3 is 2.71 bits per heavy atom. The number of amides is 2. The largest absolute Gasteiger partial charge is 0.381 e. The second-order valence-corrected chi connectivity index (χ2v) is 8.93. The number of rotatable bonds is 6. The first-order valence-electron chi connectivity index (χ1n) is 11.3. The number of anilines is 1. The molecule has 2 aromatic rings. The van der Waals surface area contributed by atoms with Crippen LogP contribution in [0.5, 0.6) is 0 Å². The van der Waals surface area contributed by atoms with Gasteiger partial charge in [0.15, 0.2) is 0 Å². The van der Waals surface area contributed by atoms with Gasteiger partial charge in [0, 0.05) is 31.0 Å². The topological polar surface area (TPSA) is 79.4 Å². The molecule has 0 aliphatic carbocycles. The fourth-order valence-electron chi connectivity index (χ4n) is 4.48. The van der Waals surface area contributed by atoms with E-state index in [-0.39, 0.29) is 12.1 Å². The molecular formula is C24H33N5O2. The van der Waals surface area contributed by atoms with E-state index in [1.54, 1.807) is 0 Å². The third-order valence-electron chi connectivity index (χ3n) is 6.39. The predicted molar refractivity (Wildman–Crippen MR) is 121 cm³/mol. The molecule has 1 fully saturated rings. The Hall–Kier alpha value is -2.67. The molecule has 2 aliphatic rings. The fourth-order valence-corrected chi connectivity index (χ4v) is 4.48. The Balaban J connectivity index is 1.48. The molecule has 166 valence electrons. The van der Waals surface area contributed by atoms with Crippen molar-refractivity contribution < 1.29 is 9.53 Å². The Kier molecular flexibility index (Phi) is 6.41. The summed E-state index contributed by atoms with van der Waals surface area (Å²) in [5, 5.41) is 6.69. The van der Waals surface area contributed by atoms with Crippen LogP contribution in [-0.4, -0.2) is 40.2 Å². The van der Waals surface area contributed by atoms with Gasteiger partial charge >= 0.3 is 6.03 Å². The molecule has 1 aromatic carbocycles. The number of carbonyl (C=O) groups is 1. The lowest BCUT2D eigenvalue weighted by molar-refractivity contribution is 0.0903. The smallest absolute Gasteiger partial charge is 0.318 e. The SMILES string of the molecule is CCC[C@@H](NC(=O)N1Cc2nc(NC3CCOCC3)ncc2C1(C)C)c1ccccc1. The molecule has 7 heteroatoms. The summed E-state index contributed by atoms with van der Waals surface area (Å²) in [6.07, 6.45) is 5.68. The summed E-state index contributed by atoms with van der Waals surface area (Å²) >= 11 is 0. The lowest BCUT2D eigenvalue weighted by Crippen LogP contribution is -2.47. The summed E-state index contributed by atoms with van der Waals surface area (Å²) in [5.74, 6) is 0.636. The number of nitrogens with one attached hydrogen (secondary N) is 2. The van der Waals surface area contributed by atoms with Crippen LogP contribution >= 0.6 is 0 Å². The minimum absolute atomic E-state index is 0.00459. The zero-order valence-corrected chi connectivity index (χ0v) is 18.7. The molecule has 0 spiro atoms.